The van der Waals surface area contributed by atoms with Crippen LogP contribution in [0, 0.1) is 17.1 Å². The van der Waals surface area contributed by atoms with Crippen LogP contribution in [0.2, 0.25) is 0 Å². The first-order valence-electron chi connectivity index (χ1n) is 7.36. The van der Waals surface area contributed by atoms with Crippen molar-refractivity contribution in [2.75, 3.05) is 11.1 Å². The minimum atomic E-state index is -0.445. The van der Waals surface area contributed by atoms with E-state index in [-0.39, 0.29) is 28.9 Å². The van der Waals surface area contributed by atoms with Gasteiger partial charge in [-0.25, -0.2) is 4.39 Å². The van der Waals surface area contributed by atoms with Gasteiger partial charge in [0.25, 0.3) is 0 Å². The van der Waals surface area contributed by atoms with Gasteiger partial charge in [0.05, 0.1) is 5.57 Å². The maximum atomic E-state index is 13.8. The van der Waals surface area contributed by atoms with Crippen molar-refractivity contribution < 1.29 is 4.39 Å². The van der Waals surface area contributed by atoms with E-state index < -0.39 is 5.82 Å². The van der Waals surface area contributed by atoms with E-state index in [0.29, 0.717) is 0 Å². The molecule has 6 nitrogen and oxygen atoms in total. The largest absolute Gasteiger partial charge is 0.368 e. The highest BCUT2D eigenvalue weighted by Gasteiger charge is 2.11. The number of anilines is 3. The third-order valence-electron chi connectivity index (χ3n) is 3.25. The second-order valence-electron chi connectivity index (χ2n) is 5.02. The molecule has 0 bridgehead atoms. The average Bonchev–Trinajstić information content (AvgIpc) is 2.61. The number of hydrogen-bond acceptors (Lipinski definition) is 6. The van der Waals surface area contributed by atoms with E-state index in [1.165, 1.54) is 12.1 Å². The molecule has 0 aliphatic carbocycles. The summed E-state index contributed by atoms with van der Waals surface area (Å²) in [7, 11) is 0. The Kier molecular flexibility index (Phi) is 4.62. The number of para-hydroxylation sites is 1. The second kappa shape index (κ2) is 7.19. The molecule has 2 aromatic carbocycles. The van der Waals surface area contributed by atoms with Gasteiger partial charge in [0.2, 0.25) is 11.9 Å². The predicted molar refractivity (Wildman–Crippen MR) is 93.8 cm³/mol. The zero-order valence-electron chi connectivity index (χ0n) is 13.0. The number of aromatic nitrogens is 3. The van der Waals surface area contributed by atoms with Gasteiger partial charge in [-0.2, -0.15) is 20.2 Å². The normalized spacial score (nSPS) is 11.0. The highest BCUT2D eigenvalue weighted by atomic mass is 19.1. The number of benzene rings is 2. The Hall–Kier alpha value is -3.79. The van der Waals surface area contributed by atoms with Crippen molar-refractivity contribution in [1.82, 2.24) is 15.0 Å². The third-order valence-corrected chi connectivity index (χ3v) is 3.25. The van der Waals surface area contributed by atoms with Gasteiger partial charge in [0.15, 0.2) is 5.82 Å². The SMILES string of the molecule is N#CC(=Cc1ccccc1F)c1nc(N)nc(Nc2ccccc2)n1. The summed E-state index contributed by atoms with van der Waals surface area (Å²) in [5.74, 6) is -0.224. The van der Waals surface area contributed by atoms with Crippen LogP contribution in [0.15, 0.2) is 54.6 Å². The first-order valence-corrected chi connectivity index (χ1v) is 7.36. The molecular weight excluding hydrogens is 319 g/mol. The molecule has 3 rings (SSSR count). The van der Waals surface area contributed by atoms with Crippen LogP contribution < -0.4 is 11.1 Å². The third kappa shape index (κ3) is 3.95. The summed E-state index contributed by atoms with van der Waals surface area (Å²) >= 11 is 0. The average molecular weight is 332 g/mol. The van der Waals surface area contributed by atoms with Crippen molar-refractivity contribution in [3.05, 3.63) is 71.8 Å². The number of hydrogen-bond donors (Lipinski definition) is 2. The van der Waals surface area contributed by atoms with Gasteiger partial charge in [-0.05, 0) is 24.3 Å². The lowest BCUT2D eigenvalue weighted by molar-refractivity contribution is 0.625. The molecule has 0 amide bonds. The number of nitrogens with zero attached hydrogens (tertiary/aromatic N) is 4. The van der Waals surface area contributed by atoms with Crippen LogP contribution >= 0.6 is 0 Å². The molecule has 1 heterocycles. The molecule has 122 valence electrons. The zero-order chi connectivity index (χ0) is 17.6. The number of nitriles is 1. The Bertz CT molecular complexity index is 963. The molecule has 25 heavy (non-hydrogen) atoms. The molecule has 0 saturated heterocycles. The predicted octanol–water partition coefficient (Wildman–Crippen LogP) is 3.40. The molecular formula is C18H13FN6. The lowest BCUT2D eigenvalue weighted by Gasteiger charge is -2.07. The monoisotopic (exact) mass is 332 g/mol. The maximum Gasteiger partial charge on any atom is 0.232 e. The molecule has 0 radical (unpaired) electrons. The van der Waals surface area contributed by atoms with Crippen LogP contribution in [0.25, 0.3) is 11.6 Å². The minimum Gasteiger partial charge on any atom is -0.368 e. The standard InChI is InChI=1S/C18H13FN6/c19-15-9-5-4-6-12(15)10-13(11-20)16-23-17(21)25-18(24-16)22-14-7-2-1-3-8-14/h1-10H,(H3,21,22,23,24,25). The van der Waals surface area contributed by atoms with Gasteiger partial charge in [-0.3, -0.25) is 0 Å². The summed E-state index contributed by atoms with van der Waals surface area (Å²) in [6, 6.07) is 17.3. The van der Waals surface area contributed by atoms with Crippen molar-refractivity contribution in [3.63, 3.8) is 0 Å². The van der Waals surface area contributed by atoms with Crippen LogP contribution in [-0.2, 0) is 0 Å². The topological polar surface area (TPSA) is 101 Å². The lowest BCUT2D eigenvalue weighted by Crippen LogP contribution is -2.06. The Morgan fingerprint density at radius 1 is 1.04 bits per heavy atom. The van der Waals surface area contributed by atoms with Crippen LogP contribution in [0.3, 0.4) is 0 Å². The van der Waals surface area contributed by atoms with E-state index in [1.54, 1.807) is 18.2 Å². The van der Waals surface area contributed by atoms with Gasteiger partial charge in [-0.1, -0.05) is 36.4 Å². The van der Waals surface area contributed by atoms with Crippen molar-refractivity contribution in [2.45, 2.75) is 0 Å². The van der Waals surface area contributed by atoms with E-state index in [1.807, 2.05) is 36.4 Å². The van der Waals surface area contributed by atoms with Gasteiger partial charge < -0.3 is 11.1 Å². The molecule has 0 aliphatic heterocycles. The fraction of sp³-hybridized carbons (Fsp3) is 0. The maximum absolute atomic E-state index is 13.8. The molecule has 0 aliphatic rings. The van der Waals surface area contributed by atoms with Gasteiger partial charge in [0.1, 0.15) is 11.9 Å². The summed E-state index contributed by atoms with van der Waals surface area (Å²) in [5.41, 5.74) is 6.81. The van der Waals surface area contributed by atoms with E-state index in [4.69, 9.17) is 5.73 Å². The Morgan fingerprint density at radius 2 is 1.76 bits per heavy atom. The molecule has 7 heteroatoms. The summed E-state index contributed by atoms with van der Waals surface area (Å²) in [4.78, 5) is 12.2. The van der Waals surface area contributed by atoms with E-state index in [0.717, 1.165) is 5.69 Å². The van der Waals surface area contributed by atoms with E-state index in [2.05, 4.69) is 20.3 Å². The van der Waals surface area contributed by atoms with Crippen LogP contribution in [0.4, 0.5) is 22.0 Å². The van der Waals surface area contributed by atoms with E-state index in [9.17, 15) is 9.65 Å². The van der Waals surface area contributed by atoms with Gasteiger partial charge in [0, 0.05) is 11.3 Å². The molecule has 1 aromatic heterocycles. The fourth-order valence-electron chi connectivity index (χ4n) is 2.11. The molecule has 3 aromatic rings. The number of nitrogens with two attached hydrogens (primary N) is 1. The Labute approximate surface area is 143 Å². The summed E-state index contributed by atoms with van der Waals surface area (Å²) in [6.07, 6.45) is 1.37. The Morgan fingerprint density at radius 3 is 2.48 bits per heavy atom. The summed E-state index contributed by atoms with van der Waals surface area (Å²) in [6.45, 7) is 0. The molecule has 0 unspecified atom stereocenters. The Balaban J connectivity index is 1.98. The number of allylic oxidation sites excluding steroid dienone is 1. The van der Waals surface area contributed by atoms with Gasteiger partial charge in [-0.15, -0.1) is 0 Å². The second-order valence-corrected chi connectivity index (χ2v) is 5.02. The van der Waals surface area contributed by atoms with Crippen molar-refractivity contribution >= 4 is 29.2 Å². The van der Waals surface area contributed by atoms with Crippen LogP contribution in [-0.4, -0.2) is 15.0 Å². The summed E-state index contributed by atoms with van der Waals surface area (Å²) < 4.78 is 13.8. The lowest BCUT2D eigenvalue weighted by atomic mass is 10.1. The van der Waals surface area contributed by atoms with Crippen molar-refractivity contribution in [2.24, 2.45) is 0 Å². The smallest absolute Gasteiger partial charge is 0.232 e. The quantitative estimate of drug-likeness (QED) is 0.710. The molecule has 0 spiro atoms. The zero-order valence-corrected chi connectivity index (χ0v) is 13.0. The van der Waals surface area contributed by atoms with Gasteiger partial charge >= 0.3 is 0 Å². The number of rotatable bonds is 4. The number of nitrogens with one attached hydrogen (secondary N) is 1. The first kappa shape index (κ1) is 16.1. The highest BCUT2D eigenvalue weighted by molar-refractivity contribution is 5.87. The molecule has 3 N–H and O–H groups in total. The first-order chi connectivity index (χ1) is 12.2. The summed E-state index contributed by atoms with van der Waals surface area (Å²) in [5, 5.41) is 12.4. The van der Waals surface area contributed by atoms with Crippen molar-refractivity contribution in [3.8, 4) is 6.07 Å². The van der Waals surface area contributed by atoms with Crippen LogP contribution in [0.5, 0.6) is 0 Å². The molecule has 0 fully saturated rings. The fourth-order valence-corrected chi connectivity index (χ4v) is 2.11. The van der Waals surface area contributed by atoms with E-state index >= 15 is 0 Å². The number of nitrogen functional groups attached to an aromatic ring is 1. The highest BCUT2D eigenvalue weighted by Crippen LogP contribution is 2.19. The molecule has 0 atom stereocenters. The molecule has 0 saturated carbocycles. The van der Waals surface area contributed by atoms with Crippen molar-refractivity contribution in [1.29, 1.82) is 5.26 Å². The number of halogens is 1. The minimum absolute atomic E-state index is 0.0434. The van der Waals surface area contributed by atoms with Crippen LogP contribution in [0.1, 0.15) is 11.4 Å².